The van der Waals surface area contributed by atoms with E-state index < -0.39 is 15.6 Å². The molecule has 2 N–H and O–H groups in total. The molecule has 2 rings (SSSR count). The predicted octanol–water partition coefficient (Wildman–Crippen LogP) is 2.81. The maximum absolute atomic E-state index is 12.7. The molecule has 0 aliphatic carbocycles. The molecule has 0 aliphatic rings. The van der Waals surface area contributed by atoms with Crippen molar-refractivity contribution in [2.45, 2.75) is 37.6 Å². The van der Waals surface area contributed by atoms with Crippen molar-refractivity contribution in [3.05, 3.63) is 46.2 Å². The minimum absolute atomic E-state index is 0.0548. The number of methoxy groups -OCH3 is 1. The van der Waals surface area contributed by atoms with Crippen LogP contribution in [0.4, 0.5) is 0 Å². The van der Waals surface area contributed by atoms with Gasteiger partial charge >= 0.3 is 0 Å². The third-order valence-corrected chi connectivity index (χ3v) is 6.11. The van der Waals surface area contributed by atoms with E-state index in [0.717, 1.165) is 6.42 Å². The average molecular weight is 397 g/mol. The summed E-state index contributed by atoms with van der Waals surface area (Å²) in [5, 5.41) is 4.80. The van der Waals surface area contributed by atoms with Gasteiger partial charge in [0.05, 0.1) is 7.11 Å². The Kier molecular flexibility index (Phi) is 6.44. The van der Waals surface area contributed by atoms with Crippen LogP contribution in [0.3, 0.4) is 0 Å². The van der Waals surface area contributed by atoms with Crippen LogP contribution < -0.4 is 14.8 Å². The van der Waals surface area contributed by atoms with Gasteiger partial charge in [0.15, 0.2) is 0 Å². The first-order valence-corrected chi connectivity index (χ1v) is 10.5. The first-order chi connectivity index (χ1) is 12.1. The molecular formula is C18H24N2O4S2. The number of amides is 1. The van der Waals surface area contributed by atoms with Gasteiger partial charge in [0.1, 0.15) is 10.6 Å². The van der Waals surface area contributed by atoms with E-state index in [2.05, 4.69) is 10.0 Å². The van der Waals surface area contributed by atoms with Crippen molar-refractivity contribution in [2.24, 2.45) is 0 Å². The topological polar surface area (TPSA) is 84.5 Å². The number of thiophene rings is 1. The lowest BCUT2D eigenvalue weighted by molar-refractivity contribution is 0.0954. The normalized spacial score (nSPS) is 12.0. The molecule has 0 radical (unpaired) electrons. The summed E-state index contributed by atoms with van der Waals surface area (Å²) < 4.78 is 33.0. The fourth-order valence-electron chi connectivity index (χ4n) is 2.34. The molecule has 0 atom stereocenters. The highest BCUT2D eigenvalue weighted by Gasteiger charge is 2.26. The van der Waals surface area contributed by atoms with E-state index >= 15 is 0 Å². The van der Waals surface area contributed by atoms with Gasteiger partial charge in [0, 0.05) is 22.5 Å². The maximum atomic E-state index is 12.7. The van der Waals surface area contributed by atoms with Crippen LogP contribution in [-0.4, -0.2) is 33.5 Å². The number of benzene rings is 1. The Bertz CT molecular complexity index is 854. The number of hydrogen-bond donors (Lipinski definition) is 2. The molecule has 0 unspecified atom stereocenters. The Morgan fingerprint density at radius 2 is 1.96 bits per heavy atom. The van der Waals surface area contributed by atoms with Crippen LogP contribution in [0.25, 0.3) is 0 Å². The van der Waals surface area contributed by atoms with E-state index in [4.69, 9.17) is 4.74 Å². The zero-order valence-corrected chi connectivity index (χ0v) is 17.0. The lowest BCUT2D eigenvalue weighted by Gasteiger charge is -2.21. The van der Waals surface area contributed by atoms with E-state index in [-0.39, 0.29) is 22.1 Å². The number of rotatable bonds is 7. The largest absolute Gasteiger partial charge is 0.495 e. The van der Waals surface area contributed by atoms with E-state index in [9.17, 15) is 13.2 Å². The molecule has 1 aromatic carbocycles. The Hall–Kier alpha value is -1.90. The van der Waals surface area contributed by atoms with Gasteiger partial charge in [-0.2, -0.15) is 0 Å². The van der Waals surface area contributed by atoms with Gasteiger partial charge in [-0.05, 0) is 56.8 Å². The van der Waals surface area contributed by atoms with Gasteiger partial charge in [-0.1, -0.05) is 6.07 Å². The summed E-state index contributed by atoms with van der Waals surface area (Å²) in [7, 11) is -2.43. The minimum atomic E-state index is -3.83. The molecule has 8 heteroatoms. The van der Waals surface area contributed by atoms with Gasteiger partial charge in [-0.3, -0.25) is 4.79 Å². The highest BCUT2D eigenvalue weighted by atomic mass is 32.2. The Balaban J connectivity index is 2.18. The summed E-state index contributed by atoms with van der Waals surface area (Å²) in [5.41, 5.74) is -0.380. The van der Waals surface area contributed by atoms with Gasteiger partial charge in [0.2, 0.25) is 10.0 Å². The van der Waals surface area contributed by atoms with Crippen molar-refractivity contribution >= 4 is 27.3 Å². The molecule has 142 valence electrons. The van der Waals surface area contributed by atoms with Gasteiger partial charge in [-0.25, -0.2) is 13.1 Å². The third kappa shape index (κ3) is 5.55. The number of nitrogens with one attached hydrogen (secondary N) is 2. The number of ether oxygens (including phenoxy) is 1. The van der Waals surface area contributed by atoms with Crippen LogP contribution in [0.5, 0.6) is 5.75 Å². The predicted molar refractivity (Wildman–Crippen MR) is 103 cm³/mol. The molecule has 6 nitrogen and oxygen atoms in total. The molecule has 2 aromatic rings. The van der Waals surface area contributed by atoms with Crippen molar-refractivity contribution in [1.29, 1.82) is 0 Å². The fraction of sp³-hybridized carbons (Fsp3) is 0.389. The summed E-state index contributed by atoms with van der Waals surface area (Å²) in [6.45, 7) is 5.72. The summed E-state index contributed by atoms with van der Waals surface area (Å²) in [5.74, 6) is -0.131. The van der Waals surface area contributed by atoms with E-state index in [1.165, 1.54) is 24.1 Å². The van der Waals surface area contributed by atoms with E-state index in [1.54, 1.807) is 38.2 Å². The molecule has 0 fully saturated rings. The quantitative estimate of drug-likeness (QED) is 0.754. The highest BCUT2D eigenvalue weighted by molar-refractivity contribution is 7.89. The third-order valence-electron chi connectivity index (χ3n) is 3.39. The maximum Gasteiger partial charge on any atom is 0.251 e. The summed E-state index contributed by atoms with van der Waals surface area (Å²) in [6.07, 6.45) is 0.732. The van der Waals surface area contributed by atoms with Crippen LogP contribution in [0.15, 0.2) is 40.6 Å². The number of carbonyl (C=O) groups excluding carboxylic acids is 1. The van der Waals surface area contributed by atoms with Crippen LogP contribution in [0, 0.1) is 0 Å². The molecule has 1 heterocycles. The molecule has 26 heavy (non-hydrogen) atoms. The molecule has 0 aliphatic heterocycles. The van der Waals surface area contributed by atoms with Crippen molar-refractivity contribution in [2.75, 3.05) is 13.7 Å². The molecule has 0 saturated carbocycles. The molecule has 0 bridgehead atoms. The molecule has 1 aromatic heterocycles. The molecule has 0 spiro atoms. The fourth-order valence-corrected chi connectivity index (χ4v) is 4.67. The smallest absolute Gasteiger partial charge is 0.251 e. The number of sulfonamides is 1. The Morgan fingerprint density at radius 1 is 1.23 bits per heavy atom. The summed E-state index contributed by atoms with van der Waals surface area (Å²) in [6, 6.07) is 8.35. The standard InChI is InChI=1S/C18H24N2O4S2/c1-18(2,3)20-26(22,23)16-12-13(7-8-15(16)24-4)17(21)19-10-9-14-6-5-11-25-14/h5-8,11-12,20H,9-10H2,1-4H3,(H,19,21). The molecule has 0 saturated heterocycles. The average Bonchev–Trinajstić information content (AvgIpc) is 3.05. The van der Waals surface area contributed by atoms with E-state index in [0.29, 0.717) is 6.54 Å². The summed E-state index contributed by atoms with van der Waals surface area (Å²) in [4.78, 5) is 13.5. The Labute approximate surface area is 158 Å². The highest BCUT2D eigenvalue weighted by Crippen LogP contribution is 2.26. The second-order valence-corrected chi connectivity index (χ2v) is 9.49. The Morgan fingerprint density at radius 3 is 2.54 bits per heavy atom. The first kappa shape index (κ1) is 20.4. The van der Waals surface area contributed by atoms with Crippen molar-refractivity contribution in [3.63, 3.8) is 0 Å². The zero-order chi connectivity index (χ0) is 19.4. The second-order valence-electron chi connectivity index (χ2n) is 6.81. The van der Waals surface area contributed by atoms with Crippen LogP contribution >= 0.6 is 11.3 Å². The minimum Gasteiger partial charge on any atom is -0.495 e. The van der Waals surface area contributed by atoms with Gasteiger partial charge < -0.3 is 10.1 Å². The number of carbonyl (C=O) groups is 1. The van der Waals surface area contributed by atoms with E-state index in [1.807, 2.05) is 17.5 Å². The first-order valence-electron chi connectivity index (χ1n) is 8.15. The molecule has 1 amide bonds. The van der Waals surface area contributed by atoms with Crippen molar-refractivity contribution in [3.8, 4) is 5.75 Å². The SMILES string of the molecule is COc1ccc(C(=O)NCCc2cccs2)cc1S(=O)(=O)NC(C)(C)C. The zero-order valence-electron chi connectivity index (χ0n) is 15.3. The van der Waals surface area contributed by atoms with Crippen molar-refractivity contribution < 1.29 is 17.9 Å². The van der Waals surface area contributed by atoms with Crippen LogP contribution in [0.2, 0.25) is 0 Å². The monoisotopic (exact) mass is 396 g/mol. The van der Waals surface area contributed by atoms with Gasteiger partial charge in [-0.15, -0.1) is 11.3 Å². The van der Waals surface area contributed by atoms with Gasteiger partial charge in [0.25, 0.3) is 5.91 Å². The molecular weight excluding hydrogens is 372 g/mol. The lowest BCUT2D eigenvalue weighted by Crippen LogP contribution is -2.40. The lowest BCUT2D eigenvalue weighted by atomic mass is 10.1. The van der Waals surface area contributed by atoms with Crippen LogP contribution in [0.1, 0.15) is 36.0 Å². The summed E-state index contributed by atoms with van der Waals surface area (Å²) >= 11 is 1.63. The van der Waals surface area contributed by atoms with Crippen LogP contribution in [-0.2, 0) is 16.4 Å². The number of hydrogen-bond acceptors (Lipinski definition) is 5. The second kappa shape index (κ2) is 8.20. The van der Waals surface area contributed by atoms with Crippen molar-refractivity contribution in [1.82, 2.24) is 10.0 Å².